The van der Waals surface area contributed by atoms with Gasteiger partial charge in [0.05, 0.1) is 12.0 Å². The first-order chi connectivity index (χ1) is 8.32. The zero-order chi connectivity index (χ0) is 13.8. The van der Waals surface area contributed by atoms with Gasteiger partial charge < -0.3 is 9.29 Å². The largest absolute Gasteiger partial charge is 0.760 e. The van der Waals surface area contributed by atoms with Gasteiger partial charge in [-0.25, -0.2) is 4.31 Å². The predicted octanol–water partition coefficient (Wildman–Crippen LogP) is 1.61. The maximum absolute atomic E-state index is 11.5. The number of carbonyl (C=O) groups is 1. The molecule has 1 atom stereocenters. The molecule has 0 aliphatic heterocycles. The van der Waals surface area contributed by atoms with Gasteiger partial charge in [-0.15, -0.1) is 0 Å². The zero-order valence-corrected chi connectivity index (χ0v) is 12.1. The Morgan fingerprint density at radius 2 is 2.00 bits per heavy atom. The average molecular weight is 276 g/mol. The van der Waals surface area contributed by atoms with Crippen LogP contribution in [0.25, 0.3) is 0 Å². The molecule has 1 rings (SSSR count). The fourth-order valence-electron chi connectivity index (χ4n) is 1.49. The first kappa shape index (κ1) is 15.6. The Balaban J connectivity index is 2.11. The van der Waals surface area contributed by atoms with Gasteiger partial charge in [-0.2, -0.15) is 0 Å². The summed E-state index contributed by atoms with van der Waals surface area (Å²) in [6.07, 6.45) is 3.35. The van der Waals surface area contributed by atoms with Crippen LogP contribution in [-0.4, -0.2) is 38.2 Å². The molecule has 0 heterocycles. The summed E-state index contributed by atoms with van der Waals surface area (Å²) in [5.41, 5.74) is -0.476. The van der Waals surface area contributed by atoms with Crippen LogP contribution in [0.15, 0.2) is 0 Å². The summed E-state index contributed by atoms with van der Waals surface area (Å²) in [5.74, 6) is -0.214. The van der Waals surface area contributed by atoms with Gasteiger partial charge in [-0.05, 0) is 46.5 Å². The molecular formula is C12H22NO4S-. The Kier molecular flexibility index (Phi) is 5.75. The van der Waals surface area contributed by atoms with Crippen LogP contribution in [0.4, 0.5) is 0 Å². The molecular weight excluding hydrogens is 254 g/mol. The highest BCUT2D eigenvalue weighted by Gasteiger charge is 2.29. The van der Waals surface area contributed by atoms with E-state index < -0.39 is 16.7 Å². The standard InChI is InChI=1S/C12H23NO4S/c1-12(2,3)11(14)17-9-5-4-8-13(18(15)16)10-6-7-10/h10H,4-9H2,1-3H3,(H,15,16)/p-1. The van der Waals surface area contributed by atoms with Crippen LogP contribution < -0.4 is 0 Å². The molecule has 0 radical (unpaired) electrons. The second-order valence-corrected chi connectivity index (χ2v) is 6.59. The van der Waals surface area contributed by atoms with E-state index in [-0.39, 0.29) is 12.0 Å². The fourth-order valence-corrected chi connectivity index (χ4v) is 2.22. The van der Waals surface area contributed by atoms with Crippen LogP contribution >= 0.6 is 0 Å². The molecule has 6 heteroatoms. The van der Waals surface area contributed by atoms with E-state index in [4.69, 9.17) is 4.74 Å². The lowest BCUT2D eigenvalue weighted by Gasteiger charge is -2.23. The highest BCUT2D eigenvalue weighted by molar-refractivity contribution is 7.76. The summed E-state index contributed by atoms with van der Waals surface area (Å²) in [7, 11) is 0. The lowest BCUT2D eigenvalue weighted by molar-refractivity contribution is -0.153. The minimum absolute atomic E-state index is 0.209. The Labute approximate surface area is 111 Å². The molecule has 1 aliphatic carbocycles. The van der Waals surface area contributed by atoms with E-state index in [1.807, 2.05) is 20.8 Å². The molecule has 0 aromatic heterocycles. The van der Waals surface area contributed by atoms with Gasteiger partial charge in [-0.1, -0.05) is 0 Å². The van der Waals surface area contributed by atoms with Crippen LogP contribution in [0, 0.1) is 5.41 Å². The lowest BCUT2D eigenvalue weighted by atomic mass is 9.97. The summed E-state index contributed by atoms with van der Waals surface area (Å²) >= 11 is -2.12. The SMILES string of the molecule is CC(C)(C)C(=O)OCCCCN(C1CC1)S(=O)[O-]. The van der Waals surface area contributed by atoms with Crippen molar-refractivity contribution in [2.24, 2.45) is 5.41 Å². The Bertz CT molecular complexity index is 310. The molecule has 0 N–H and O–H groups in total. The smallest absolute Gasteiger partial charge is 0.311 e. The zero-order valence-electron chi connectivity index (χ0n) is 11.3. The number of nitrogens with zero attached hydrogens (tertiary/aromatic N) is 1. The number of rotatable bonds is 7. The maximum Gasteiger partial charge on any atom is 0.311 e. The highest BCUT2D eigenvalue weighted by Crippen LogP contribution is 2.27. The monoisotopic (exact) mass is 276 g/mol. The molecule has 106 valence electrons. The average Bonchev–Trinajstić information content (AvgIpc) is 3.04. The molecule has 0 aromatic rings. The van der Waals surface area contributed by atoms with Crippen molar-refractivity contribution in [2.45, 2.75) is 52.5 Å². The van der Waals surface area contributed by atoms with E-state index in [2.05, 4.69) is 0 Å². The lowest BCUT2D eigenvalue weighted by Crippen LogP contribution is -2.29. The van der Waals surface area contributed by atoms with Crippen molar-refractivity contribution in [1.82, 2.24) is 4.31 Å². The van der Waals surface area contributed by atoms with E-state index in [0.717, 1.165) is 19.3 Å². The molecule has 1 saturated carbocycles. The van der Waals surface area contributed by atoms with Crippen molar-refractivity contribution >= 4 is 17.2 Å². The number of carbonyl (C=O) groups excluding carboxylic acids is 1. The van der Waals surface area contributed by atoms with Crippen LogP contribution in [0.2, 0.25) is 0 Å². The molecule has 5 nitrogen and oxygen atoms in total. The van der Waals surface area contributed by atoms with Crippen LogP contribution in [0.3, 0.4) is 0 Å². The van der Waals surface area contributed by atoms with E-state index in [1.54, 1.807) is 0 Å². The third-order valence-electron chi connectivity index (χ3n) is 2.76. The molecule has 0 aromatic carbocycles. The van der Waals surface area contributed by atoms with E-state index in [9.17, 15) is 13.6 Å². The van der Waals surface area contributed by atoms with Crippen molar-refractivity contribution < 1.29 is 18.3 Å². The second kappa shape index (κ2) is 6.63. The van der Waals surface area contributed by atoms with Crippen molar-refractivity contribution in [1.29, 1.82) is 0 Å². The molecule has 0 saturated heterocycles. The number of ether oxygens (including phenoxy) is 1. The summed E-state index contributed by atoms with van der Waals surface area (Å²) in [4.78, 5) is 11.5. The predicted molar refractivity (Wildman–Crippen MR) is 68.3 cm³/mol. The molecule has 1 aliphatic rings. The van der Waals surface area contributed by atoms with Gasteiger partial charge in [0.2, 0.25) is 0 Å². The minimum Gasteiger partial charge on any atom is -0.760 e. The Hall–Kier alpha value is -0.460. The van der Waals surface area contributed by atoms with E-state index in [0.29, 0.717) is 19.6 Å². The number of hydrogen-bond acceptors (Lipinski definition) is 4. The molecule has 18 heavy (non-hydrogen) atoms. The molecule has 0 spiro atoms. The number of hydrogen-bond donors (Lipinski definition) is 0. The molecule has 1 unspecified atom stereocenters. The third kappa shape index (κ3) is 5.46. The van der Waals surface area contributed by atoms with Crippen molar-refractivity contribution in [3.05, 3.63) is 0 Å². The molecule has 1 fully saturated rings. The van der Waals surface area contributed by atoms with Crippen LogP contribution in [0.1, 0.15) is 46.5 Å². The Morgan fingerprint density at radius 3 is 2.44 bits per heavy atom. The number of unbranched alkanes of at least 4 members (excludes halogenated alkanes) is 1. The molecule has 0 bridgehead atoms. The summed E-state index contributed by atoms with van der Waals surface area (Å²) < 4.78 is 28.5. The second-order valence-electron chi connectivity index (χ2n) is 5.68. The minimum atomic E-state index is -2.12. The third-order valence-corrected chi connectivity index (χ3v) is 3.63. The van der Waals surface area contributed by atoms with Gasteiger partial charge in [0.1, 0.15) is 0 Å². The fraction of sp³-hybridized carbons (Fsp3) is 0.917. The normalized spacial score (nSPS) is 17.8. The summed E-state index contributed by atoms with van der Waals surface area (Å²) in [6, 6.07) is 0.209. The molecule has 0 amide bonds. The number of esters is 1. The van der Waals surface area contributed by atoms with Crippen molar-refractivity contribution in [3.8, 4) is 0 Å². The van der Waals surface area contributed by atoms with Crippen LogP contribution in [0.5, 0.6) is 0 Å². The van der Waals surface area contributed by atoms with Crippen molar-refractivity contribution in [2.75, 3.05) is 13.2 Å². The van der Waals surface area contributed by atoms with E-state index >= 15 is 0 Å². The first-order valence-corrected chi connectivity index (χ1v) is 7.39. The Morgan fingerprint density at radius 1 is 1.39 bits per heavy atom. The van der Waals surface area contributed by atoms with Crippen LogP contribution in [-0.2, 0) is 20.8 Å². The van der Waals surface area contributed by atoms with Gasteiger partial charge in [0.15, 0.2) is 0 Å². The summed E-state index contributed by atoms with van der Waals surface area (Å²) in [6.45, 7) is 6.31. The first-order valence-electron chi connectivity index (χ1n) is 6.35. The highest BCUT2D eigenvalue weighted by atomic mass is 32.2. The summed E-state index contributed by atoms with van der Waals surface area (Å²) in [5, 5.41) is 0. The topological polar surface area (TPSA) is 69.7 Å². The quantitative estimate of drug-likeness (QED) is 0.402. The maximum atomic E-state index is 11.5. The van der Waals surface area contributed by atoms with Gasteiger partial charge in [-0.3, -0.25) is 9.00 Å². The van der Waals surface area contributed by atoms with Crippen molar-refractivity contribution in [3.63, 3.8) is 0 Å². The van der Waals surface area contributed by atoms with Gasteiger partial charge in [0.25, 0.3) is 0 Å². The van der Waals surface area contributed by atoms with Gasteiger partial charge in [0, 0.05) is 23.9 Å². The van der Waals surface area contributed by atoms with E-state index in [1.165, 1.54) is 4.31 Å². The van der Waals surface area contributed by atoms with Gasteiger partial charge >= 0.3 is 5.97 Å².